The Morgan fingerprint density at radius 3 is 2.83 bits per heavy atom. The third-order valence-corrected chi connectivity index (χ3v) is 2.63. The van der Waals surface area contributed by atoms with Crippen molar-refractivity contribution >= 4 is 17.6 Å². The van der Waals surface area contributed by atoms with Gasteiger partial charge in [-0.3, -0.25) is 9.78 Å². The van der Waals surface area contributed by atoms with Crippen LogP contribution in [-0.2, 0) is 4.79 Å². The Hall–Kier alpha value is -1.95. The molecule has 1 saturated carbocycles. The van der Waals surface area contributed by atoms with E-state index in [1.807, 2.05) is 0 Å². The van der Waals surface area contributed by atoms with Gasteiger partial charge in [-0.05, 0) is 18.9 Å². The number of nitrogens with zero attached hydrogens (tertiary/aromatic N) is 1. The number of rotatable bonds is 6. The highest BCUT2D eigenvalue weighted by Crippen LogP contribution is 2.18. The van der Waals surface area contributed by atoms with Crippen LogP contribution < -0.4 is 10.6 Å². The van der Waals surface area contributed by atoms with E-state index in [1.54, 1.807) is 0 Å². The summed E-state index contributed by atoms with van der Waals surface area (Å²) in [6, 6.07) is 1.97. The molecular weight excluding hydrogens is 234 g/mol. The van der Waals surface area contributed by atoms with Crippen molar-refractivity contribution in [2.24, 2.45) is 0 Å². The Labute approximate surface area is 104 Å². The van der Waals surface area contributed by atoms with Crippen molar-refractivity contribution in [2.45, 2.75) is 25.3 Å². The van der Waals surface area contributed by atoms with E-state index in [4.69, 9.17) is 5.11 Å². The number of hydrogen-bond acceptors (Lipinski definition) is 4. The van der Waals surface area contributed by atoms with Crippen LogP contribution in [0.15, 0.2) is 18.5 Å². The fourth-order valence-electron chi connectivity index (χ4n) is 1.53. The van der Waals surface area contributed by atoms with Gasteiger partial charge in [0.1, 0.15) is 0 Å². The van der Waals surface area contributed by atoms with E-state index in [2.05, 4.69) is 15.6 Å². The van der Waals surface area contributed by atoms with E-state index in [9.17, 15) is 9.59 Å². The van der Waals surface area contributed by atoms with E-state index in [1.165, 1.54) is 31.3 Å². The number of carbonyl (C=O) groups is 2. The van der Waals surface area contributed by atoms with Crippen molar-refractivity contribution in [1.29, 1.82) is 0 Å². The second kappa shape index (κ2) is 5.59. The molecule has 1 aliphatic carbocycles. The molecule has 1 aromatic rings. The van der Waals surface area contributed by atoms with Crippen molar-refractivity contribution in [3.8, 4) is 0 Å². The number of aromatic carboxylic acids is 1. The van der Waals surface area contributed by atoms with Crippen molar-refractivity contribution < 1.29 is 14.7 Å². The van der Waals surface area contributed by atoms with Gasteiger partial charge in [0, 0.05) is 25.2 Å². The molecule has 1 heterocycles. The van der Waals surface area contributed by atoms with Gasteiger partial charge < -0.3 is 15.7 Å². The zero-order chi connectivity index (χ0) is 13.0. The summed E-state index contributed by atoms with van der Waals surface area (Å²) in [4.78, 5) is 26.1. The predicted molar refractivity (Wildman–Crippen MR) is 65.5 cm³/mol. The van der Waals surface area contributed by atoms with Crippen molar-refractivity contribution in [3.63, 3.8) is 0 Å². The van der Waals surface area contributed by atoms with Crippen molar-refractivity contribution in [3.05, 3.63) is 24.0 Å². The Bertz CT molecular complexity index is 458. The lowest BCUT2D eigenvalue weighted by Crippen LogP contribution is -2.23. The van der Waals surface area contributed by atoms with Crippen LogP contribution in [0, 0.1) is 0 Å². The summed E-state index contributed by atoms with van der Waals surface area (Å²) in [5, 5.41) is 14.6. The fourth-order valence-corrected chi connectivity index (χ4v) is 1.53. The fraction of sp³-hybridized carbons (Fsp3) is 0.417. The highest BCUT2D eigenvalue weighted by atomic mass is 16.4. The number of carboxylic acids is 1. The maximum atomic E-state index is 11.6. The number of aromatic nitrogens is 1. The first-order valence-electron chi connectivity index (χ1n) is 5.87. The first kappa shape index (κ1) is 12.5. The van der Waals surface area contributed by atoms with Crippen LogP contribution in [0.4, 0.5) is 5.69 Å². The maximum absolute atomic E-state index is 11.6. The SMILES string of the molecule is O=C(CCNC1CC1)Nc1cncc(C(=O)O)c1. The molecule has 1 fully saturated rings. The quantitative estimate of drug-likeness (QED) is 0.695. The summed E-state index contributed by atoms with van der Waals surface area (Å²) in [6.45, 7) is 0.641. The molecule has 0 radical (unpaired) electrons. The lowest BCUT2D eigenvalue weighted by molar-refractivity contribution is -0.116. The summed E-state index contributed by atoms with van der Waals surface area (Å²) < 4.78 is 0. The highest BCUT2D eigenvalue weighted by molar-refractivity contribution is 5.93. The summed E-state index contributed by atoms with van der Waals surface area (Å²) in [5.41, 5.74) is 0.468. The predicted octanol–water partition coefficient (Wildman–Crippen LogP) is 0.860. The number of carbonyl (C=O) groups excluding carboxylic acids is 1. The summed E-state index contributed by atoms with van der Waals surface area (Å²) in [6.07, 6.45) is 5.41. The van der Waals surface area contributed by atoms with E-state index in [0.717, 1.165) is 0 Å². The van der Waals surface area contributed by atoms with E-state index >= 15 is 0 Å². The van der Waals surface area contributed by atoms with Crippen molar-refractivity contribution in [1.82, 2.24) is 10.3 Å². The van der Waals surface area contributed by atoms with Gasteiger partial charge in [-0.25, -0.2) is 4.79 Å². The topological polar surface area (TPSA) is 91.3 Å². The third kappa shape index (κ3) is 3.81. The second-order valence-corrected chi connectivity index (χ2v) is 4.29. The van der Waals surface area contributed by atoms with Crippen LogP contribution >= 0.6 is 0 Å². The van der Waals surface area contributed by atoms with Gasteiger partial charge in [0.25, 0.3) is 0 Å². The molecule has 2 rings (SSSR count). The van der Waals surface area contributed by atoms with Crippen LogP contribution in [0.3, 0.4) is 0 Å². The van der Waals surface area contributed by atoms with Gasteiger partial charge in [-0.15, -0.1) is 0 Å². The number of anilines is 1. The molecule has 0 atom stereocenters. The molecule has 0 aromatic carbocycles. The molecule has 0 saturated heterocycles. The zero-order valence-corrected chi connectivity index (χ0v) is 9.85. The standard InChI is InChI=1S/C12H15N3O3/c16-11(3-4-14-9-1-2-9)15-10-5-8(12(17)18)6-13-7-10/h5-7,9,14H,1-4H2,(H,15,16)(H,17,18). The van der Waals surface area contributed by atoms with Gasteiger partial charge >= 0.3 is 5.97 Å². The molecule has 0 bridgehead atoms. The molecule has 3 N–H and O–H groups in total. The Kier molecular flexibility index (Phi) is 3.88. The van der Waals surface area contributed by atoms with E-state index < -0.39 is 5.97 Å². The summed E-state index contributed by atoms with van der Waals surface area (Å²) in [5.74, 6) is -1.21. The normalized spacial score (nSPS) is 14.2. The number of carboxylic acid groups (broad SMARTS) is 1. The molecule has 0 unspecified atom stereocenters. The average Bonchev–Trinajstić information content (AvgIpc) is 3.13. The van der Waals surface area contributed by atoms with E-state index in [-0.39, 0.29) is 11.5 Å². The Balaban J connectivity index is 1.81. The molecule has 0 spiro atoms. The molecule has 0 aliphatic heterocycles. The number of pyridine rings is 1. The summed E-state index contributed by atoms with van der Waals surface area (Å²) >= 11 is 0. The average molecular weight is 249 g/mol. The minimum Gasteiger partial charge on any atom is -0.478 e. The molecule has 96 valence electrons. The molecule has 1 aromatic heterocycles. The smallest absolute Gasteiger partial charge is 0.337 e. The molecule has 6 nitrogen and oxygen atoms in total. The molecule has 6 heteroatoms. The van der Waals surface area contributed by atoms with E-state index in [0.29, 0.717) is 24.7 Å². The van der Waals surface area contributed by atoms with Crippen LogP contribution in [0.1, 0.15) is 29.6 Å². The Morgan fingerprint density at radius 1 is 1.39 bits per heavy atom. The van der Waals surface area contributed by atoms with Gasteiger partial charge in [-0.2, -0.15) is 0 Å². The van der Waals surface area contributed by atoms with Crippen LogP contribution in [0.5, 0.6) is 0 Å². The maximum Gasteiger partial charge on any atom is 0.337 e. The van der Waals surface area contributed by atoms with Gasteiger partial charge in [0.2, 0.25) is 5.91 Å². The molecule has 1 aliphatic rings. The minimum atomic E-state index is -1.06. The van der Waals surface area contributed by atoms with Crippen molar-refractivity contribution in [2.75, 3.05) is 11.9 Å². The third-order valence-electron chi connectivity index (χ3n) is 2.63. The molecule has 18 heavy (non-hydrogen) atoms. The minimum absolute atomic E-state index is 0.0592. The van der Waals surface area contributed by atoms with Gasteiger partial charge in [0.15, 0.2) is 0 Å². The monoisotopic (exact) mass is 249 g/mol. The molecular formula is C12H15N3O3. The van der Waals surface area contributed by atoms with Crippen LogP contribution in [-0.4, -0.2) is 34.6 Å². The van der Waals surface area contributed by atoms with Crippen LogP contribution in [0.25, 0.3) is 0 Å². The first-order chi connectivity index (χ1) is 8.65. The number of nitrogens with one attached hydrogen (secondary N) is 2. The summed E-state index contributed by atoms with van der Waals surface area (Å²) in [7, 11) is 0. The van der Waals surface area contributed by atoms with Gasteiger partial charge in [-0.1, -0.05) is 0 Å². The lowest BCUT2D eigenvalue weighted by Gasteiger charge is -2.06. The Morgan fingerprint density at radius 2 is 2.17 bits per heavy atom. The number of hydrogen-bond donors (Lipinski definition) is 3. The zero-order valence-electron chi connectivity index (χ0n) is 9.85. The van der Waals surface area contributed by atoms with Crippen LogP contribution in [0.2, 0.25) is 0 Å². The van der Waals surface area contributed by atoms with Gasteiger partial charge in [0.05, 0.1) is 17.4 Å². The molecule has 1 amide bonds. The second-order valence-electron chi connectivity index (χ2n) is 4.29. The first-order valence-corrected chi connectivity index (χ1v) is 5.87. The highest BCUT2D eigenvalue weighted by Gasteiger charge is 2.20. The lowest BCUT2D eigenvalue weighted by atomic mass is 10.2. The number of amides is 1. The largest absolute Gasteiger partial charge is 0.478 e.